The molecule has 4 aromatic rings. The number of halogens is 1. The maximum atomic E-state index is 12.9. The van der Waals surface area contributed by atoms with Gasteiger partial charge in [-0.3, -0.25) is 9.20 Å². The summed E-state index contributed by atoms with van der Waals surface area (Å²) in [5.74, 6) is -0.0392. The van der Waals surface area contributed by atoms with E-state index in [2.05, 4.69) is 9.97 Å². The van der Waals surface area contributed by atoms with Gasteiger partial charge in [-0.1, -0.05) is 6.07 Å². The standard InChI is InChI=1S/C19H17N5O3.ClH/c20-19-22-14-9-12(1-3-16(14)27-19)13-2-4-17-21-10-15(24(17)11-13)18(25)23-5-7-26-8-6-23;/h1-4,9-11H,5-8H2,(H2,20,22);1H. The summed E-state index contributed by atoms with van der Waals surface area (Å²) in [6, 6.07) is 9.70. The fourth-order valence-corrected chi connectivity index (χ4v) is 3.36. The summed E-state index contributed by atoms with van der Waals surface area (Å²) in [6.07, 6.45) is 3.54. The van der Waals surface area contributed by atoms with Gasteiger partial charge >= 0.3 is 0 Å². The van der Waals surface area contributed by atoms with Crippen LogP contribution in [0, 0.1) is 0 Å². The maximum absolute atomic E-state index is 12.9. The number of ether oxygens (including phenoxy) is 1. The van der Waals surface area contributed by atoms with Crippen molar-refractivity contribution in [3.63, 3.8) is 0 Å². The van der Waals surface area contributed by atoms with E-state index in [1.807, 2.05) is 40.9 Å². The molecule has 0 aliphatic carbocycles. The molecule has 1 aliphatic heterocycles. The van der Waals surface area contributed by atoms with E-state index in [0.29, 0.717) is 43.1 Å². The number of carbonyl (C=O) groups is 1. The predicted molar refractivity (Wildman–Crippen MR) is 107 cm³/mol. The zero-order chi connectivity index (χ0) is 18.4. The minimum absolute atomic E-state index is 0. The Hall–Kier alpha value is -3.10. The second-order valence-electron chi connectivity index (χ2n) is 6.43. The van der Waals surface area contributed by atoms with Gasteiger partial charge in [0.05, 0.1) is 19.4 Å². The third-order valence-electron chi connectivity index (χ3n) is 4.76. The van der Waals surface area contributed by atoms with Crippen molar-refractivity contribution in [1.29, 1.82) is 0 Å². The molecule has 0 radical (unpaired) electrons. The first kappa shape index (κ1) is 18.3. The van der Waals surface area contributed by atoms with Crippen molar-refractivity contribution in [1.82, 2.24) is 19.3 Å². The Morgan fingerprint density at radius 3 is 2.71 bits per heavy atom. The summed E-state index contributed by atoms with van der Waals surface area (Å²) in [5.41, 5.74) is 10.1. The van der Waals surface area contributed by atoms with Crippen LogP contribution < -0.4 is 5.73 Å². The van der Waals surface area contributed by atoms with E-state index in [1.54, 1.807) is 11.1 Å². The van der Waals surface area contributed by atoms with Gasteiger partial charge in [-0.15, -0.1) is 12.4 Å². The quantitative estimate of drug-likeness (QED) is 0.556. The van der Waals surface area contributed by atoms with Gasteiger partial charge < -0.3 is 19.8 Å². The van der Waals surface area contributed by atoms with Gasteiger partial charge in [0.1, 0.15) is 16.9 Å². The van der Waals surface area contributed by atoms with Gasteiger partial charge in [0, 0.05) is 19.3 Å². The summed E-state index contributed by atoms with van der Waals surface area (Å²) in [4.78, 5) is 23.2. The number of oxazole rings is 1. The molecule has 3 aromatic heterocycles. The van der Waals surface area contributed by atoms with E-state index >= 15 is 0 Å². The number of morpholine rings is 1. The zero-order valence-electron chi connectivity index (χ0n) is 14.9. The highest BCUT2D eigenvalue weighted by molar-refractivity contribution is 5.93. The molecule has 0 spiro atoms. The first-order valence-corrected chi connectivity index (χ1v) is 8.69. The molecule has 144 valence electrons. The van der Waals surface area contributed by atoms with Gasteiger partial charge in [-0.2, -0.15) is 4.98 Å². The lowest BCUT2D eigenvalue weighted by Crippen LogP contribution is -2.41. The third kappa shape index (κ3) is 3.06. The first-order chi connectivity index (χ1) is 13.2. The van der Waals surface area contributed by atoms with Gasteiger partial charge in [-0.05, 0) is 35.4 Å². The van der Waals surface area contributed by atoms with E-state index < -0.39 is 0 Å². The van der Waals surface area contributed by atoms with E-state index in [0.717, 1.165) is 16.8 Å². The molecule has 4 heterocycles. The highest BCUT2D eigenvalue weighted by Crippen LogP contribution is 2.26. The number of nitrogen functional groups attached to an aromatic ring is 1. The number of anilines is 1. The van der Waals surface area contributed by atoms with E-state index in [-0.39, 0.29) is 24.3 Å². The van der Waals surface area contributed by atoms with Crippen molar-refractivity contribution in [3.05, 3.63) is 48.4 Å². The van der Waals surface area contributed by atoms with Crippen LogP contribution in [0.2, 0.25) is 0 Å². The van der Waals surface area contributed by atoms with Crippen molar-refractivity contribution in [2.24, 2.45) is 0 Å². The van der Waals surface area contributed by atoms with Crippen LogP contribution in [0.25, 0.3) is 27.9 Å². The molecular weight excluding hydrogens is 382 g/mol. The molecule has 0 bridgehead atoms. The van der Waals surface area contributed by atoms with Crippen molar-refractivity contribution < 1.29 is 13.9 Å². The molecule has 28 heavy (non-hydrogen) atoms. The summed E-state index contributed by atoms with van der Waals surface area (Å²) in [5, 5.41) is 0. The number of fused-ring (bicyclic) bond motifs is 2. The van der Waals surface area contributed by atoms with Crippen molar-refractivity contribution in [2.45, 2.75) is 0 Å². The lowest BCUT2D eigenvalue weighted by Gasteiger charge is -2.26. The smallest absolute Gasteiger partial charge is 0.292 e. The third-order valence-corrected chi connectivity index (χ3v) is 4.76. The SMILES string of the molecule is Cl.Nc1nc2cc(-c3ccc4ncc(C(=O)N5CCOCC5)n4c3)ccc2o1. The Morgan fingerprint density at radius 1 is 1.11 bits per heavy atom. The Morgan fingerprint density at radius 2 is 1.89 bits per heavy atom. The number of carbonyl (C=O) groups excluding carboxylic acids is 1. The van der Waals surface area contributed by atoms with Crippen LogP contribution in [-0.2, 0) is 4.74 Å². The Bertz CT molecular complexity index is 1160. The largest absolute Gasteiger partial charge is 0.424 e. The van der Waals surface area contributed by atoms with E-state index in [1.165, 1.54) is 0 Å². The molecule has 8 nitrogen and oxygen atoms in total. The van der Waals surface area contributed by atoms with Gasteiger partial charge in [0.2, 0.25) is 0 Å². The average Bonchev–Trinajstić information content (AvgIpc) is 3.29. The number of benzene rings is 1. The number of pyridine rings is 1. The predicted octanol–water partition coefficient (Wildman–Crippen LogP) is 2.62. The molecule has 9 heteroatoms. The number of amides is 1. The van der Waals surface area contributed by atoms with Crippen LogP contribution in [0.15, 0.2) is 47.1 Å². The number of nitrogens with two attached hydrogens (primary N) is 1. The second kappa shape index (κ2) is 7.14. The minimum atomic E-state index is -0.0392. The maximum Gasteiger partial charge on any atom is 0.292 e. The number of hydrogen-bond donors (Lipinski definition) is 1. The summed E-state index contributed by atoms with van der Waals surface area (Å²) < 4.78 is 12.5. The highest BCUT2D eigenvalue weighted by atomic mass is 35.5. The molecule has 1 fully saturated rings. The molecule has 5 rings (SSSR count). The Balaban J connectivity index is 0.00000192. The van der Waals surface area contributed by atoms with Gasteiger partial charge in [-0.25, -0.2) is 4.98 Å². The molecular formula is C19H18ClN5O3. The number of rotatable bonds is 2. The van der Waals surface area contributed by atoms with Crippen LogP contribution in [0.3, 0.4) is 0 Å². The fraction of sp³-hybridized carbons (Fsp3) is 0.211. The summed E-state index contributed by atoms with van der Waals surface area (Å²) >= 11 is 0. The second-order valence-corrected chi connectivity index (χ2v) is 6.43. The Labute approximate surface area is 166 Å². The number of hydrogen-bond acceptors (Lipinski definition) is 6. The average molecular weight is 400 g/mol. The molecule has 0 saturated carbocycles. The molecule has 0 atom stereocenters. The van der Waals surface area contributed by atoms with Crippen molar-refractivity contribution in [2.75, 3.05) is 32.0 Å². The summed E-state index contributed by atoms with van der Waals surface area (Å²) in [7, 11) is 0. The van der Waals surface area contributed by atoms with Gasteiger partial charge in [0.15, 0.2) is 5.58 Å². The van der Waals surface area contributed by atoms with Crippen molar-refractivity contribution >= 4 is 41.1 Å². The molecule has 1 aromatic carbocycles. The van der Waals surface area contributed by atoms with Crippen LogP contribution in [0.5, 0.6) is 0 Å². The molecule has 0 unspecified atom stereocenters. The lowest BCUT2D eigenvalue weighted by atomic mass is 10.1. The number of aromatic nitrogens is 3. The molecule has 1 saturated heterocycles. The number of nitrogens with zero attached hydrogens (tertiary/aromatic N) is 4. The lowest BCUT2D eigenvalue weighted by molar-refractivity contribution is 0.0298. The normalized spacial score (nSPS) is 14.4. The molecule has 1 aliphatic rings. The fourth-order valence-electron chi connectivity index (χ4n) is 3.36. The monoisotopic (exact) mass is 399 g/mol. The van der Waals surface area contributed by atoms with Gasteiger partial charge in [0.25, 0.3) is 11.9 Å². The van der Waals surface area contributed by atoms with Crippen LogP contribution >= 0.6 is 12.4 Å². The van der Waals surface area contributed by atoms with Crippen LogP contribution in [0.1, 0.15) is 10.5 Å². The van der Waals surface area contributed by atoms with Crippen LogP contribution in [0.4, 0.5) is 6.01 Å². The summed E-state index contributed by atoms with van der Waals surface area (Å²) in [6.45, 7) is 2.31. The first-order valence-electron chi connectivity index (χ1n) is 8.69. The minimum Gasteiger partial charge on any atom is -0.424 e. The zero-order valence-corrected chi connectivity index (χ0v) is 15.7. The van der Waals surface area contributed by atoms with E-state index in [9.17, 15) is 4.79 Å². The molecule has 1 amide bonds. The van der Waals surface area contributed by atoms with Crippen molar-refractivity contribution in [3.8, 4) is 11.1 Å². The van der Waals surface area contributed by atoms with Crippen LogP contribution in [-0.4, -0.2) is 51.5 Å². The van der Waals surface area contributed by atoms with E-state index in [4.69, 9.17) is 14.9 Å². The Kier molecular flexibility index (Phi) is 4.66. The highest BCUT2D eigenvalue weighted by Gasteiger charge is 2.21. The molecule has 2 N–H and O–H groups in total. The number of imidazole rings is 1. The topological polar surface area (TPSA) is 98.9 Å².